The van der Waals surface area contributed by atoms with Crippen molar-refractivity contribution in [2.24, 2.45) is 0 Å². The molecule has 0 spiro atoms. The Balaban J connectivity index is 1.61. The highest BCUT2D eigenvalue weighted by atomic mass is 16.5. The van der Waals surface area contributed by atoms with Crippen LogP contribution in [0.2, 0.25) is 0 Å². The van der Waals surface area contributed by atoms with Gasteiger partial charge in [0, 0.05) is 26.8 Å². The van der Waals surface area contributed by atoms with Crippen LogP contribution in [-0.4, -0.2) is 30.3 Å². The van der Waals surface area contributed by atoms with Crippen LogP contribution < -0.4 is 0 Å². The third-order valence-corrected chi connectivity index (χ3v) is 6.09. The van der Waals surface area contributed by atoms with Crippen LogP contribution in [0.1, 0.15) is 40.2 Å². The van der Waals surface area contributed by atoms with Gasteiger partial charge in [0.15, 0.2) is 5.60 Å². The summed E-state index contributed by atoms with van der Waals surface area (Å²) in [5, 5.41) is 12.0. The molecule has 0 aliphatic rings. The van der Waals surface area contributed by atoms with Crippen molar-refractivity contribution < 1.29 is 14.3 Å². The number of furan rings is 1. The summed E-state index contributed by atoms with van der Waals surface area (Å²) >= 11 is 0. The third-order valence-electron chi connectivity index (χ3n) is 6.09. The molecule has 1 aromatic heterocycles. The fraction of sp³-hybridized carbons (Fsp3) is 0.267. The van der Waals surface area contributed by atoms with Gasteiger partial charge >= 0.3 is 0 Å². The van der Waals surface area contributed by atoms with Crippen molar-refractivity contribution in [3.05, 3.63) is 131 Å². The summed E-state index contributed by atoms with van der Waals surface area (Å²) in [7, 11) is 1.73. The Labute approximate surface area is 202 Å². The SMILES string of the molecule is COCCCN(Cc1cccc(C)c1)Cc1ccc(C(O)(c2ccccc2)c2ccccc2)o1. The lowest BCUT2D eigenvalue weighted by Gasteiger charge is -2.27. The fourth-order valence-corrected chi connectivity index (χ4v) is 4.40. The maximum atomic E-state index is 12.0. The maximum Gasteiger partial charge on any atom is 0.173 e. The molecule has 0 radical (unpaired) electrons. The van der Waals surface area contributed by atoms with Crippen LogP contribution in [0, 0.1) is 6.92 Å². The zero-order valence-corrected chi connectivity index (χ0v) is 20.0. The van der Waals surface area contributed by atoms with Gasteiger partial charge in [-0.1, -0.05) is 90.5 Å². The number of methoxy groups -OCH3 is 1. The predicted molar refractivity (Wildman–Crippen MR) is 135 cm³/mol. The molecule has 0 bridgehead atoms. The van der Waals surface area contributed by atoms with E-state index < -0.39 is 5.60 Å². The number of hydrogen-bond acceptors (Lipinski definition) is 4. The van der Waals surface area contributed by atoms with Crippen LogP contribution in [-0.2, 0) is 23.4 Å². The van der Waals surface area contributed by atoms with Gasteiger partial charge in [0.05, 0.1) is 6.54 Å². The van der Waals surface area contributed by atoms with Gasteiger partial charge in [0.25, 0.3) is 0 Å². The van der Waals surface area contributed by atoms with Crippen molar-refractivity contribution in [1.29, 1.82) is 0 Å². The summed E-state index contributed by atoms with van der Waals surface area (Å²) in [6.45, 7) is 5.20. The lowest BCUT2D eigenvalue weighted by molar-refractivity contribution is 0.0947. The number of rotatable bonds is 11. The lowest BCUT2D eigenvalue weighted by Crippen LogP contribution is -2.28. The molecule has 0 aliphatic carbocycles. The molecule has 4 nitrogen and oxygen atoms in total. The Morgan fingerprint density at radius 3 is 2.12 bits per heavy atom. The van der Waals surface area contributed by atoms with Crippen LogP contribution in [0.5, 0.6) is 0 Å². The summed E-state index contributed by atoms with van der Waals surface area (Å²) in [5.41, 5.74) is 2.72. The quantitative estimate of drug-likeness (QED) is 0.286. The molecular weight excluding hydrogens is 422 g/mol. The summed E-state index contributed by atoms with van der Waals surface area (Å²) < 4.78 is 11.6. The van der Waals surface area contributed by atoms with Crippen molar-refractivity contribution in [2.45, 2.75) is 32.0 Å². The van der Waals surface area contributed by atoms with E-state index in [0.717, 1.165) is 43.0 Å². The van der Waals surface area contributed by atoms with Crippen molar-refractivity contribution in [2.75, 3.05) is 20.3 Å². The first-order valence-corrected chi connectivity index (χ1v) is 11.8. The first-order valence-electron chi connectivity index (χ1n) is 11.8. The molecule has 0 amide bonds. The lowest BCUT2D eigenvalue weighted by atomic mass is 9.84. The van der Waals surface area contributed by atoms with E-state index in [0.29, 0.717) is 12.3 Å². The summed E-state index contributed by atoms with van der Waals surface area (Å²) in [6.07, 6.45) is 0.938. The molecule has 4 rings (SSSR count). The van der Waals surface area contributed by atoms with E-state index >= 15 is 0 Å². The van der Waals surface area contributed by atoms with Gasteiger partial charge in [-0.15, -0.1) is 0 Å². The van der Waals surface area contributed by atoms with E-state index in [2.05, 4.69) is 36.1 Å². The number of aliphatic hydroxyl groups is 1. The molecule has 1 N–H and O–H groups in total. The monoisotopic (exact) mass is 455 g/mol. The third kappa shape index (κ3) is 5.65. The molecule has 4 aromatic rings. The molecule has 4 heteroatoms. The number of hydrogen-bond donors (Lipinski definition) is 1. The molecule has 0 aliphatic heterocycles. The van der Waals surface area contributed by atoms with Gasteiger partial charge in [0.1, 0.15) is 11.5 Å². The van der Waals surface area contributed by atoms with Gasteiger partial charge < -0.3 is 14.3 Å². The van der Waals surface area contributed by atoms with Gasteiger partial charge in [0.2, 0.25) is 0 Å². The molecule has 0 atom stereocenters. The van der Waals surface area contributed by atoms with Gasteiger partial charge in [-0.05, 0) is 42.2 Å². The highest BCUT2D eigenvalue weighted by Crippen LogP contribution is 2.37. The first-order chi connectivity index (χ1) is 16.6. The molecule has 0 fully saturated rings. The average Bonchev–Trinajstić information content (AvgIpc) is 3.34. The van der Waals surface area contributed by atoms with E-state index in [1.165, 1.54) is 11.1 Å². The number of ether oxygens (including phenoxy) is 1. The minimum atomic E-state index is -1.36. The van der Waals surface area contributed by atoms with Crippen LogP contribution >= 0.6 is 0 Å². The molecule has 3 aromatic carbocycles. The Morgan fingerprint density at radius 2 is 1.50 bits per heavy atom. The van der Waals surface area contributed by atoms with Crippen LogP contribution in [0.25, 0.3) is 0 Å². The zero-order valence-electron chi connectivity index (χ0n) is 20.0. The van der Waals surface area contributed by atoms with E-state index in [-0.39, 0.29) is 0 Å². The summed E-state index contributed by atoms with van der Waals surface area (Å²) in [5.74, 6) is 1.35. The van der Waals surface area contributed by atoms with Gasteiger partial charge in [-0.25, -0.2) is 0 Å². The average molecular weight is 456 g/mol. The van der Waals surface area contributed by atoms with Crippen molar-refractivity contribution in [3.63, 3.8) is 0 Å². The van der Waals surface area contributed by atoms with Gasteiger partial charge in [-0.2, -0.15) is 0 Å². The second kappa shape index (κ2) is 11.3. The summed E-state index contributed by atoms with van der Waals surface area (Å²) in [4.78, 5) is 2.36. The Kier molecular flexibility index (Phi) is 7.96. The molecular formula is C30H33NO3. The minimum Gasteiger partial charge on any atom is -0.461 e. The van der Waals surface area contributed by atoms with Crippen molar-refractivity contribution in [1.82, 2.24) is 4.90 Å². The zero-order chi connectivity index (χ0) is 23.8. The van der Waals surface area contributed by atoms with Crippen LogP contribution in [0.15, 0.2) is 101 Å². The highest BCUT2D eigenvalue weighted by Gasteiger charge is 2.37. The number of nitrogens with zero attached hydrogens (tertiary/aromatic N) is 1. The standard InChI is InChI=1S/C30H33NO3/c1-24-11-9-12-25(21-24)22-31(19-10-20-33-2)23-28-17-18-29(34-28)30(32,26-13-5-3-6-14-26)27-15-7-4-8-16-27/h3-9,11-18,21,32H,10,19-20,22-23H2,1-2H3. The van der Waals surface area contributed by atoms with E-state index in [1.54, 1.807) is 7.11 Å². The number of aryl methyl sites for hydroxylation is 1. The molecule has 34 heavy (non-hydrogen) atoms. The Bertz CT molecular complexity index is 1110. The first kappa shape index (κ1) is 24.0. The maximum absolute atomic E-state index is 12.0. The van der Waals surface area contributed by atoms with Crippen molar-refractivity contribution in [3.8, 4) is 0 Å². The van der Waals surface area contributed by atoms with Crippen molar-refractivity contribution >= 4 is 0 Å². The summed E-state index contributed by atoms with van der Waals surface area (Å²) in [6, 6.07) is 31.9. The smallest absolute Gasteiger partial charge is 0.173 e. The van der Waals surface area contributed by atoms with E-state index in [9.17, 15) is 5.11 Å². The Hall–Kier alpha value is -3.18. The molecule has 0 unspecified atom stereocenters. The largest absolute Gasteiger partial charge is 0.461 e. The van der Waals surface area contributed by atoms with Crippen LogP contribution in [0.3, 0.4) is 0 Å². The Morgan fingerprint density at radius 1 is 0.824 bits per heavy atom. The van der Waals surface area contributed by atoms with E-state index in [1.807, 2.05) is 72.8 Å². The minimum absolute atomic E-state index is 0.521. The molecule has 176 valence electrons. The fourth-order valence-electron chi connectivity index (χ4n) is 4.40. The normalized spacial score (nSPS) is 11.8. The highest BCUT2D eigenvalue weighted by molar-refractivity contribution is 5.43. The molecule has 0 saturated heterocycles. The van der Waals surface area contributed by atoms with Gasteiger partial charge in [-0.3, -0.25) is 4.90 Å². The predicted octanol–water partition coefficient (Wildman–Crippen LogP) is 5.91. The van der Waals surface area contributed by atoms with E-state index in [4.69, 9.17) is 9.15 Å². The van der Waals surface area contributed by atoms with Crippen LogP contribution in [0.4, 0.5) is 0 Å². The number of benzene rings is 3. The molecule has 1 heterocycles. The topological polar surface area (TPSA) is 45.8 Å². The second-order valence-electron chi connectivity index (χ2n) is 8.75. The molecule has 0 saturated carbocycles. The second-order valence-corrected chi connectivity index (χ2v) is 8.75.